The highest BCUT2D eigenvalue weighted by atomic mass is 19.4. The van der Waals surface area contributed by atoms with Gasteiger partial charge in [0.05, 0.1) is 11.1 Å². The fourth-order valence-electron chi connectivity index (χ4n) is 1.87. The molecule has 0 aliphatic rings. The number of phenols is 1. The molecule has 0 spiro atoms. The van der Waals surface area contributed by atoms with E-state index in [0.717, 1.165) is 6.07 Å². The van der Waals surface area contributed by atoms with E-state index in [0.29, 0.717) is 0 Å². The van der Waals surface area contributed by atoms with Crippen LogP contribution in [-0.2, 0) is 6.18 Å². The smallest absolute Gasteiger partial charge is 0.416 e. The molecule has 2 aromatic carbocycles. The van der Waals surface area contributed by atoms with Gasteiger partial charge in [-0.2, -0.15) is 13.2 Å². The summed E-state index contributed by atoms with van der Waals surface area (Å²) in [5.41, 5.74) is -0.728. The van der Waals surface area contributed by atoms with Crippen molar-refractivity contribution in [3.63, 3.8) is 0 Å². The summed E-state index contributed by atoms with van der Waals surface area (Å²) in [6, 6.07) is 9.32. The summed E-state index contributed by atoms with van der Waals surface area (Å²) in [5, 5.41) is 11.9. The molecule has 6 heteroatoms. The van der Waals surface area contributed by atoms with Gasteiger partial charge in [0.1, 0.15) is 5.75 Å². The van der Waals surface area contributed by atoms with E-state index in [1.165, 1.54) is 31.2 Å². The third kappa shape index (κ3) is 3.34. The van der Waals surface area contributed by atoms with E-state index in [4.69, 9.17) is 0 Å². The van der Waals surface area contributed by atoms with Gasteiger partial charge in [-0.3, -0.25) is 4.79 Å². The Balaban J connectivity index is 2.29. The molecule has 0 aliphatic heterocycles. The summed E-state index contributed by atoms with van der Waals surface area (Å²) >= 11 is 0. The molecule has 0 aromatic heterocycles. The lowest BCUT2D eigenvalue weighted by Gasteiger charge is -2.13. The number of hydrogen-bond acceptors (Lipinski definition) is 2. The first-order valence-corrected chi connectivity index (χ1v) is 6.06. The molecule has 3 nitrogen and oxygen atoms in total. The zero-order valence-corrected chi connectivity index (χ0v) is 11.0. The Kier molecular flexibility index (Phi) is 3.88. The van der Waals surface area contributed by atoms with Gasteiger partial charge in [0.15, 0.2) is 0 Å². The Labute approximate surface area is 119 Å². The second-order valence-electron chi connectivity index (χ2n) is 4.50. The van der Waals surface area contributed by atoms with Crippen molar-refractivity contribution >= 4 is 11.6 Å². The van der Waals surface area contributed by atoms with Gasteiger partial charge in [-0.25, -0.2) is 0 Å². The molecular weight excluding hydrogens is 283 g/mol. The topological polar surface area (TPSA) is 49.3 Å². The molecule has 110 valence electrons. The second kappa shape index (κ2) is 5.47. The van der Waals surface area contributed by atoms with Crippen LogP contribution in [0, 0.1) is 6.92 Å². The summed E-state index contributed by atoms with van der Waals surface area (Å²) in [6.45, 7) is 1.34. The minimum atomic E-state index is -4.49. The maximum atomic E-state index is 12.8. The lowest BCUT2D eigenvalue weighted by atomic mass is 10.1. The monoisotopic (exact) mass is 295 g/mol. The van der Waals surface area contributed by atoms with E-state index in [1.54, 1.807) is 12.1 Å². The van der Waals surface area contributed by atoms with Crippen LogP contribution >= 0.6 is 0 Å². The Bertz CT molecular complexity index is 681. The lowest BCUT2D eigenvalue weighted by molar-refractivity contribution is -0.138. The Morgan fingerprint density at radius 2 is 1.81 bits per heavy atom. The lowest BCUT2D eigenvalue weighted by Crippen LogP contribution is -2.14. The van der Waals surface area contributed by atoms with E-state index >= 15 is 0 Å². The number of alkyl halides is 3. The molecule has 0 bridgehead atoms. The first kappa shape index (κ1) is 14.9. The van der Waals surface area contributed by atoms with Crippen LogP contribution in [0.4, 0.5) is 18.9 Å². The highest BCUT2D eigenvalue weighted by molar-refractivity contribution is 6.06. The van der Waals surface area contributed by atoms with Crippen LogP contribution in [-0.4, -0.2) is 11.0 Å². The number of hydrogen-bond donors (Lipinski definition) is 2. The molecule has 0 saturated carbocycles. The number of carbonyl (C=O) groups is 1. The molecule has 0 aliphatic carbocycles. The van der Waals surface area contributed by atoms with Crippen molar-refractivity contribution in [2.75, 3.05) is 5.32 Å². The predicted molar refractivity (Wildman–Crippen MR) is 72.2 cm³/mol. The van der Waals surface area contributed by atoms with E-state index in [2.05, 4.69) is 5.32 Å². The summed E-state index contributed by atoms with van der Waals surface area (Å²) in [5.74, 6) is -0.914. The summed E-state index contributed by atoms with van der Waals surface area (Å²) in [6.07, 6.45) is -4.49. The Hall–Kier alpha value is -2.50. The van der Waals surface area contributed by atoms with Gasteiger partial charge in [-0.15, -0.1) is 0 Å². The Morgan fingerprint density at radius 1 is 1.14 bits per heavy atom. The maximum Gasteiger partial charge on any atom is 0.416 e. The predicted octanol–water partition coefficient (Wildman–Crippen LogP) is 3.97. The van der Waals surface area contributed by atoms with Crippen LogP contribution in [0.2, 0.25) is 0 Å². The largest absolute Gasteiger partial charge is 0.507 e. The van der Waals surface area contributed by atoms with Gasteiger partial charge in [-0.05, 0) is 36.8 Å². The number of halogens is 3. The van der Waals surface area contributed by atoms with E-state index in [1.807, 2.05) is 0 Å². The number of aromatic hydroxyl groups is 1. The molecule has 0 fully saturated rings. The number of rotatable bonds is 2. The highest BCUT2D eigenvalue weighted by Gasteiger charge is 2.32. The van der Waals surface area contributed by atoms with Gasteiger partial charge >= 0.3 is 6.18 Å². The quantitative estimate of drug-likeness (QED) is 0.880. The third-order valence-electron chi connectivity index (χ3n) is 2.95. The highest BCUT2D eigenvalue weighted by Crippen LogP contribution is 2.33. The zero-order valence-electron chi connectivity index (χ0n) is 11.0. The normalized spacial score (nSPS) is 11.2. The molecule has 0 heterocycles. The van der Waals surface area contributed by atoms with Crippen LogP contribution in [0.3, 0.4) is 0 Å². The summed E-state index contributed by atoms with van der Waals surface area (Å²) in [4.78, 5) is 11.9. The molecule has 0 unspecified atom stereocenters. The Morgan fingerprint density at radius 3 is 2.43 bits per heavy atom. The first-order valence-electron chi connectivity index (χ1n) is 6.06. The minimum Gasteiger partial charge on any atom is -0.507 e. The van der Waals surface area contributed by atoms with Crippen LogP contribution in [0.5, 0.6) is 5.75 Å². The molecule has 0 atom stereocenters. The van der Waals surface area contributed by atoms with Crippen molar-refractivity contribution in [3.05, 3.63) is 59.2 Å². The van der Waals surface area contributed by atoms with Crippen molar-refractivity contribution in [2.24, 2.45) is 0 Å². The third-order valence-corrected chi connectivity index (χ3v) is 2.95. The minimum absolute atomic E-state index is 0.00775. The molecule has 21 heavy (non-hydrogen) atoms. The van der Waals surface area contributed by atoms with E-state index in [9.17, 15) is 23.1 Å². The number of carbonyl (C=O) groups excluding carboxylic acids is 1. The van der Waals surface area contributed by atoms with Crippen molar-refractivity contribution in [2.45, 2.75) is 13.1 Å². The first-order chi connectivity index (χ1) is 9.79. The van der Waals surface area contributed by atoms with Gasteiger partial charge in [0.25, 0.3) is 5.91 Å². The zero-order chi connectivity index (χ0) is 15.6. The van der Waals surface area contributed by atoms with Crippen LogP contribution in [0.1, 0.15) is 21.5 Å². The van der Waals surface area contributed by atoms with Crippen molar-refractivity contribution in [1.82, 2.24) is 0 Å². The standard InChI is InChI=1S/C15H12F3NO2/c1-9-6-7-10(8-12(9)15(16,17)18)19-14(21)11-4-2-3-5-13(11)20/h2-8,20H,1H3,(H,19,21). The van der Waals surface area contributed by atoms with Crippen molar-refractivity contribution < 1.29 is 23.1 Å². The fourth-order valence-corrected chi connectivity index (χ4v) is 1.87. The number of phenolic OH excluding ortho intramolecular Hbond substituents is 1. The van der Waals surface area contributed by atoms with Crippen molar-refractivity contribution in [1.29, 1.82) is 0 Å². The SMILES string of the molecule is Cc1ccc(NC(=O)c2ccccc2O)cc1C(F)(F)F. The van der Waals surface area contributed by atoms with E-state index < -0.39 is 17.6 Å². The van der Waals surface area contributed by atoms with Gasteiger partial charge in [0.2, 0.25) is 0 Å². The molecule has 0 saturated heterocycles. The van der Waals surface area contributed by atoms with Gasteiger partial charge < -0.3 is 10.4 Å². The summed E-state index contributed by atoms with van der Waals surface area (Å²) in [7, 11) is 0. The number of amides is 1. The van der Waals surface area contributed by atoms with Crippen LogP contribution < -0.4 is 5.32 Å². The number of benzene rings is 2. The van der Waals surface area contributed by atoms with Crippen molar-refractivity contribution in [3.8, 4) is 5.75 Å². The number of para-hydroxylation sites is 1. The maximum absolute atomic E-state index is 12.8. The number of aryl methyl sites for hydroxylation is 1. The number of nitrogens with one attached hydrogen (secondary N) is 1. The van der Waals surface area contributed by atoms with Gasteiger partial charge in [0, 0.05) is 5.69 Å². The molecule has 2 N–H and O–H groups in total. The molecule has 2 aromatic rings. The van der Waals surface area contributed by atoms with Crippen LogP contribution in [0.15, 0.2) is 42.5 Å². The van der Waals surface area contributed by atoms with Crippen LogP contribution in [0.25, 0.3) is 0 Å². The molecule has 1 amide bonds. The average Bonchev–Trinajstić information content (AvgIpc) is 2.40. The molecular formula is C15H12F3NO2. The fraction of sp³-hybridized carbons (Fsp3) is 0.133. The second-order valence-corrected chi connectivity index (χ2v) is 4.50. The van der Waals surface area contributed by atoms with Gasteiger partial charge in [-0.1, -0.05) is 18.2 Å². The molecule has 0 radical (unpaired) electrons. The summed E-state index contributed by atoms with van der Waals surface area (Å²) < 4.78 is 38.4. The molecule has 2 rings (SSSR count). The average molecular weight is 295 g/mol. The number of anilines is 1. The van der Waals surface area contributed by atoms with E-state index in [-0.39, 0.29) is 22.6 Å².